The molecule has 0 fully saturated rings. The van der Waals surface area contributed by atoms with Gasteiger partial charge in [-0.25, -0.2) is 9.38 Å². The number of thiazole rings is 1. The van der Waals surface area contributed by atoms with Gasteiger partial charge >= 0.3 is 0 Å². The number of halogens is 2. The van der Waals surface area contributed by atoms with E-state index in [-0.39, 0.29) is 5.82 Å². The van der Waals surface area contributed by atoms with Gasteiger partial charge in [0, 0.05) is 16.4 Å². The molecule has 6 heteroatoms. The standard InChI is InChI=1S/C24H20BrFN2OS/c1-29-22-12-2-17(3-13-22)14-15-28-23(18-4-6-19(25)7-5-18)16-30-24(28)27-21-10-8-20(26)9-11-21/h2-13,16H,14-15H2,1H3. The molecule has 3 aromatic carbocycles. The van der Waals surface area contributed by atoms with Gasteiger partial charge in [0.2, 0.25) is 0 Å². The number of benzene rings is 3. The van der Waals surface area contributed by atoms with E-state index in [2.05, 4.69) is 50.1 Å². The minimum Gasteiger partial charge on any atom is -0.497 e. The Hall–Kier alpha value is -2.70. The van der Waals surface area contributed by atoms with E-state index in [9.17, 15) is 4.39 Å². The first-order valence-electron chi connectivity index (χ1n) is 9.50. The van der Waals surface area contributed by atoms with E-state index in [0.29, 0.717) is 0 Å². The van der Waals surface area contributed by atoms with Crippen molar-refractivity contribution in [2.75, 3.05) is 7.11 Å². The molecule has 4 aromatic rings. The summed E-state index contributed by atoms with van der Waals surface area (Å²) < 4.78 is 21.8. The Balaban J connectivity index is 1.70. The molecule has 30 heavy (non-hydrogen) atoms. The van der Waals surface area contributed by atoms with E-state index < -0.39 is 0 Å². The summed E-state index contributed by atoms with van der Waals surface area (Å²) in [6.45, 7) is 0.779. The number of nitrogens with zero attached hydrogens (tertiary/aromatic N) is 2. The lowest BCUT2D eigenvalue weighted by Gasteiger charge is -2.10. The zero-order chi connectivity index (χ0) is 20.9. The molecule has 0 saturated heterocycles. The lowest BCUT2D eigenvalue weighted by Crippen LogP contribution is -2.17. The fourth-order valence-electron chi connectivity index (χ4n) is 3.15. The van der Waals surface area contributed by atoms with Crippen molar-refractivity contribution in [2.45, 2.75) is 13.0 Å². The molecule has 3 nitrogen and oxygen atoms in total. The largest absolute Gasteiger partial charge is 0.497 e. The topological polar surface area (TPSA) is 26.5 Å². The maximum atomic E-state index is 13.3. The van der Waals surface area contributed by atoms with Gasteiger partial charge in [0.1, 0.15) is 11.6 Å². The van der Waals surface area contributed by atoms with Crippen molar-refractivity contribution in [2.24, 2.45) is 4.99 Å². The summed E-state index contributed by atoms with van der Waals surface area (Å²) in [6, 6.07) is 22.7. The average molecular weight is 483 g/mol. The Labute approximate surface area is 187 Å². The number of ether oxygens (including phenoxy) is 1. The minimum atomic E-state index is -0.261. The molecule has 1 aromatic heterocycles. The third-order valence-electron chi connectivity index (χ3n) is 4.77. The molecular formula is C24H20BrFN2OS. The van der Waals surface area contributed by atoms with Gasteiger partial charge in [-0.15, -0.1) is 11.3 Å². The summed E-state index contributed by atoms with van der Waals surface area (Å²) in [7, 11) is 1.67. The fraction of sp³-hybridized carbons (Fsp3) is 0.125. The van der Waals surface area contributed by atoms with Crippen LogP contribution in [0.5, 0.6) is 5.75 Å². The van der Waals surface area contributed by atoms with Crippen molar-refractivity contribution in [1.82, 2.24) is 4.57 Å². The van der Waals surface area contributed by atoms with Gasteiger partial charge in [-0.3, -0.25) is 0 Å². The molecule has 0 radical (unpaired) electrons. The molecule has 0 aliphatic carbocycles. The maximum Gasteiger partial charge on any atom is 0.190 e. The maximum absolute atomic E-state index is 13.3. The highest BCUT2D eigenvalue weighted by Gasteiger charge is 2.09. The summed E-state index contributed by atoms with van der Waals surface area (Å²) in [4.78, 5) is 5.65. The van der Waals surface area contributed by atoms with Gasteiger partial charge in [0.15, 0.2) is 4.80 Å². The Morgan fingerprint density at radius 1 is 0.967 bits per heavy atom. The van der Waals surface area contributed by atoms with Crippen LogP contribution in [0.2, 0.25) is 0 Å². The quantitative estimate of drug-likeness (QED) is 0.304. The molecule has 1 heterocycles. The molecule has 0 spiro atoms. The molecule has 0 N–H and O–H groups in total. The van der Waals surface area contributed by atoms with Crippen LogP contribution in [-0.2, 0) is 13.0 Å². The third-order valence-corrected chi connectivity index (χ3v) is 6.16. The molecule has 0 atom stereocenters. The normalized spacial score (nSPS) is 11.6. The summed E-state index contributed by atoms with van der Waals surface area (Å²) in [5.41, 5.74) is 4.20. The Kier molecular flexibility index (Phi) is 6.45. The first-order chi connectivity index (χ1) is 14.6. The van der Waals surface area contributed by atoms with Gasteiger partial charge in [-0.2, -0.15) is 0 Å². The van der Waals surface area contributed by atoms with Gasteiger partial charge < -0.3 is 9.30 Å². The monoisotopic (exact) mass is 482 g/mol. The van der Waals surface area contributed by atoms with E-state index in [1.807, 2.05) is 24.3 Å². The lowest BCUT2D eigenvalue weighted by atomic mass is 10.1. The van der Waals surface area contributed by atoms with Crippen LogP contribution in [0.3, 0.4) is 0 Å². The van der Waals surface area contributed by atoms with Crippen LogP contribution in [0.25, 0.3) is 11.3 Å². The minimum absolute atomic E-state index is 0.261. The van der Waals surface area contributed by atoms with Crippen LogP contribution in [0.1, 0.15) is 5.56 Å². The smallest absolute Gasteiger partial charge is 0.190 e. The van der Waals surface area contributed by atoms with Crippen LogP contribution in [0, 0.1) is 5.82 Å². The molecule has 0 bridgehead atoms. The SMILES string of the molecule is COc1ccc(CCn2c(-c3ccc(Br)cc3)csc2=Nc2ccc(F)cc2)cc1. The Morgan fingerprint density at radius 3 is 2.33 bits per heavy atom. The number of hydrogen-bond donors (Lipinski definition) is 0. The van der Waals surface area contributed by atoms with Crippen molar-refractivity contribution >= 4 is 33.0 Å². The zero-order valence-corrected chi connectivity index (χ0v) is 18.8. The number of hydrogen-bond acceptors (Lipinski definition) is 3. The molecule has 0 amide bonds. The first-order valence-corrected chi connectivity index (χ1v) is 11.2. The fourth-order valence-corrected chi connectivity index (χ4v) is 4.36. The third kappa shape index (κ3) is 4.89. The highest BCUT2D eigenvalue weighted by molar-refractivity contribution is 9.10. The summed E-state index contributed by atoms with van der Waals surface area (Å²) in [5.74, 6) is 0.590. The average Bonchev–Trinajstić information content (AvgIpc) is 3.17. The highest BCUT2D eigenvalue weighted by Crippen LogP contribution is 2.24. The molecule has 4 rings (SSSR count). The van der Waals surface area contributed by atoms with Crippen molar-refractivity contribution in [3.8, 4) is 17.0 Å². The first kappa shape index (κ1) is 20.6. The van der Waals surface area contributed by atoms with E-state index in [0.717, 1.165) is 44.9 Å². The Morgan fingerprint density at radius 2 is 1.67 bits per heavy atom. The number of aromatic nitrogens is 1. The van der Waals surface area contributed by atoms with Gasteiger partial charge in [0.25, 0.3) is 0 Å². The summed E-state index contributed by atoms with van der Waals surface area (Å²) in [6.07, 6.45) is 0.862. The van der Waals surface area contributed by atoms with E-state index in [4.69, 9.17) is 9.73 Å². The predicted octanol–water partition coefficient (Wildman–Crippen LogP) is 6.60. The molecule has 0 unspecified atom stereocenters. The summed E-state index contributed by atoms with van der Waals surface area (Å²) >= 11 is 5.09. The van der Waals surface area contributed by atoms with Crippen LogP contribution < -0.4 is 9.54 Å². The predicted molar refractivity (Wildman–Crippen MR) is 124 cm³/mol. The molecule has 0 saturated carbocycles. The van der Waals surface area contributed by atoms with Crippen LogP contribution in [-0.4, -0.2) is 11.7 Å². The lowest BCUT2D eigenvalue weighted by molar-refractivity contribution is 0.414. The van der Waals surface area contributed by atoms with Gasteiger partial charge in [0.05, 0.1) is 18.5 Å². The van der Waals surface area contributed by atoms with Crippen molar-refractivity contribution in [3.05, 3.63) is 98.8 Å². The van der Waals surface area contributed by atoms with Crippen LogP contribution in [0.4, 0.5) is 10.1 Å². The van der Waals surface area contributed by atoms with E-state index >= 15 is 0 Å². The molecule has 0 aliphatic rings. The van der Waals surface area contributed by atoms with Crippen molar-refractivity contribution in [3.63, 3.8) is 0 Å². The second-order valence-electron chi connectivity index (χ2n) is 6.75. The highest BCUT2D eigenvalue weighted by atomic mass is 79.9. The van der Waals surface area contributed by atoms with Crippen molar-refractivity contribution < 1.29 is 9.13 Å². The van der Waals surface area contributed by atoms with Crippen LogP contribution >= 0.6 is 27.3 Å². The second-order valence-corrected chi connectivity index (χ2v) is 8.50. The molecule has 152 valence electrons. The van der Waals surface area contributed by atoms with Gasteiger partial charge in [-0.1, -0.05) is 40.2 Å². The molecule has 0 aliphatic heterocycles. The summed E-state index contributed by atoms with van der Waals surface area (Å²) in [5, 5.41) is 2.12. The van der Waals surface area contributed by atoms with E-state index in [1.54, 1.807) is 30.6 Å². The number of aryl methyl sites for hydroxylation is 1. The van der Waals surface area contributed by atoms with Crippen LogP contribution in [0.15, 0.2) is 87.6 Å². The number of methoxy groups -OCH3 is 1. The molecular weight excluding hydrogens is 463 g/mol. The second kappa shape index (κ2) is 9.41. The zero-order valence-electron chi connectivity index (χ0n) is 16.4. The van der Waals surface area contributed by atoms with Gasteiger partial charge in [-0.05, 0) is 66.1 Å². The van der Waals surface area contributed by atoms with Crippen molar-refractivity contribution in [1.29, 1.82) is 0 Å². The number of rotatable bonds is 6. The Bertz CT molecular complexity index is 1180. The van der Waals surface area contributed by atoms with E-state index in [1.165, 1.54) is 17.7 Å².